The van der Waals surface area contributed by atoms with Gasteiger partial charge in [0, 0.05) is 39.4 Å². The number of methoxy groups -OCH3 is 2. The average molecular weight is 275 g/mol. The van der Waals surface area contributed by atoms with Crippen LogP contribution in [0.5, 0.6) is 0 Å². The van der Waals surface area contributed by atoms with Crippen molar-refractivity contribution in [3.63, 3.8) is 0 Å². The quantitative estimate of drug-likeness (QED) is 0.547. The fourth-order valence-electron chi connectivity index (χ4n) is 1.91. The molecule has 0 aliphatic carbocycles. The Morgan fingerprint density at radius 1 is 1.26 bits per heavy atom. The third-order valence-electron chi connectivity index (χ3n) is 2.91. The van der Waals surface area contributed by atoms with Crippen LogP contribution in [0.25, 0.3) is 0 Å². The predicted molar refractivity (Wildman–Crippen MR) is 76.0 cm³/mol. The SMILES string of the molecule is COCCN(CC(NC(C)C)C(N)=O)C(C)COC. The lowest BCUT2D eigenvalue weighted by atomic mass is 10.2. The molecule has 0 aliphatic rings. The van der Waals surface area contributed by atoms with E-state index in [1.54, 1.807) is 14.2 Å². The molecule has 6 nitrogen and oxygen atoms in total. The van der Waals surface area contributed by atoms with Gasteiger partial charge in [0.05, 0.1) is 19.3 Å². The smallest absolute Gasteiger partial charge is 0.235 e. The number of hydrogen-bond donors (Lipinski definition) is 2. The molecule has 3 N–H and O–H groups in total. The second-order valence-corrected chi connectivity index (χ2v) is 5.07. The number of nitrogens with one attached hydrogen (secondary N) is 1. The minimum atomic E-state index is -0.365. The van der Waals surface area contributed by atoms with Gasteiger partial charge in [-0.1, -0.05) is 13.8 Å². The van der Waals surface area contributed by atoms with E-state index in [1.807, 2.05) is 13.8 Å². The third-order valence-corrected chi connectivity index (χ3v) is 2.91. The molecule has 0 saturated carbocycles. The van der Waals surface area contributed by atoms with Crippen LogP contribution in [0.2, 0.25) is 0 Å². The van der Waals surface area contributed by atoms with Gasteiger partial charge in [0.1, 0.15) is 0 Å². The van der Waals surface area contributed by atoms with Crippen LogP contribution >= 0.6 is 0 Å². The molecule has 0 aromatic rings. The van der Waals surface area contributed by atoms with E-state index in [4.69, 9.17) is 15.2 Å². The summed E-state index contributed by atoms with van der Waals surface area (Å²) in [7, 11) is 3.33. The molecule has 1 amide bonds. The average Bonchev–Trinajstić information content (AvgIpc) is 2.32. The molecular weight excluding hydrogens is 246 g/mol. The van der Waals surface area contributed by atoms with Crippen LogP contribution in [0.4, 0.5) is 0 Å². The molecule has 0 aliphatic heterocycles. The first kappa shape index (κ1) is 18.3. The van der Waals surface area contributed by atoms with Crippen molar-refractivity contribution in [1.82, 2.24) is 10.2 Å². The summed E-state index contributed by atoms with van der Waals surface area (Å²) in [5, 5.41) is 3.19. The molecule has 0 saturated heterocycles. The minimum absolute atomic E-state index is 0.205. The minimum Gasteiger partial charge on any atom is -0.383 e. The molecule has 0 radical (unpaired) electrons. The van der Waals surface area contributed by atoms with Gasteiger partial charge in [-0.15, -0.1) is 0 Å². The Morgan fingerprint density at radius 3 is 2.32 bits per heavy atom. The van der Waals surface area contributed by atoms with E-state index in [2.05, 4.69) is 17.1 Å². The van der Waals surface area contributed by atoms with Gasteiger partial charge in [-0.25, -0.2) is 0 Å². The van der Waals surface area contributed by atoms with Crippen molar-refractivity contribution in [2.24, 2.45) is 5.73 Å². The van der Waals surface area contributed by atoms with Gasteiger partial charge in [0.2, 0.25) is 5.91 Å². The number of nitrogens with two attached hydrogens (primary N) is 1. The van der Waals surface area contributed by atoms with E-state index in [0.29, 0.717) is 19.8 Å². The molecule has 2 atom stereocenters. The maximum Gasteiger partial charge on any atom is 0.235 e. The standard InChI is InChI=1S/C13H29N3O3/c1-10(2)15-12(13(14)17)8-16(6-7-18-4)11(3)9-19-5/h10-12,15H,6-9H2,1-5H3,(H2,14,17). The van der Waals surface area contributed by atoms with Gasteiger partial charge < -0.3 is 20.5 Å². The largest absolute Gasteiger partial charge is 0.383 e. The molecule has 6 heteroatoms. The second kappa shape index (κ2) is 10.1. The van der Waals surface area contributed by atoms with Crippen molar-refractivity contribution in [1.29, 1.82) is 0 Å². The van der Waals surface area contributed by atoms with Crippen molar-refractivity contribution in [3.8, 4) is 0 Å². The maximum absolute atomic E-state index is 11.5. The first-order chi connectivity index (χ1) is 8.92. The summed E-state index contributed by atoms with van der Waals surface area (Å²) in [6.07, 6.45) is 0. The summed E-state index contributed by atoms with van der Waals surface area (Å²) in [6, 6.07) is 0.0478. The van der Waals surface area contributed by atoms with Gasteiger partial charge in [0.15, 0.2) is 0 Å². The van der Waals surface area contributed by atoms with E-state index in [-0.39, 0.29) is 24.0 Å². The first-order valence-corrected chi connectivity index (χ1v) is 6.69. The molecule has 0 bridgehead atoms. The molecule has 0 aromatic heterocycles. The zero-order valence-electron chi connectivity index (χ0n) is 12.8. The molecule has 0 spiro atoms. The maximum atomic E-state index is 11.5. The van der Waals surface area contributed by atoms with Crippen LogP contribution in [0.1, 0.15) is 20.8 Å². The highest BCUT2D eigenvalue weighted by molar-refractivity contribution is 5.80. The Labute approximate surface area is 116 Å². The van der Waals surface area contributed by atoms with Crippen LogP contribution < -0.4 is 11.1 Å². The Bertz CT molecular complexity index is 249. The predicted octanol–water partition coefficient (Wildman–Crippen LogP) is -0.178. The van der Waals surface area contributed by atoms with Crippen molar-refractivity contribution in [3.05, 3.63) is 0 Å². The van der Waals surface area contributed by atoms with Gasteiger partial charge in [-0.05, 0) is 6.92 Å². The van der Waals surface area contributed by atoms with Gasteiger partial charge in [-0.2, -0.15) is 0 Å². The molecule has 0 rings (SSSR count). The first-order valence-electron chi connectivity index (χ1n) is 6.69. The molecule has 19 heavy (non-hydrogen) atoms. The summed E-state index contributed by atoms with van der Waals surface area (Å²) < 4.78 is 10.3. The van der Waals surface area contributed by atoms with E-state index in [9.17, 15) is 4.79 Å². The highest BCUT2D eigenvalue weighted by Gasteiger charge is 2.22. The number of carbonyl (C=O) groups is 1. The fourth-order valence-corrected chi connectivity index (χ4v) is 1.91. The van der Waals surface area contributed by atoms with Crippen LogP contribution in [-0.4, -0.2) is 69.5 Å². The molecule has 114 valence electrons. The molecule has 0 aromatic carbocycles. The van der Waals surface area contributed by atoms with Crippen molar-refractivity contribution >= 4 is 5.91 Å². The summed E-state index contributed by atoms with van der Waals surface area (Å²) in [5.74, 6) is -0.333. The number of primary amides is 1. The fraction of sp³-hybridized carbons (Fsp3) is 0.923. The molecule has 0 fully saturated rings. The number of hydrogen-bond acceptors (Lipinski definition) is 5. The summed E-state index contributed by atoms with van der Waals surface area (Å²) in [5.41, 5.74) is 5.45. The van der Waals surface area contributed by atoms with Crippen LogP contribution in [0.15, 0.2) is 0 Å². The van der Waals surface area contributed by atoms with E-state index in [1.165, 1.54) is 0 Å². The molecule has 2 unspecified atom stereocenters. The van der Waals surface area contributed by atoms with Crippen molar-refractivity contribution in [2.75, 3.05) is 40.5 Å². The number of carbonyl (C=O) groups excluding carboxylic acids is 1. The summed E-state index contributed by atoms with van der Waals surface area (Å²) in [6.45, 7) is 8.57. The van der Waals surface area contributed by atoms with Gasteiger partial charge in [-0.3, -0.25) is 9.69 Å². The summed E-state index contributed by atoms with van der Waals surface area (Å²) >= 11 is 0. The lowest BCUT2D eigenvalue weighted by Gasteiger charge is -2.32. The normalized spacial score (nSPS) is 14.9. The highest BCUT2D eigenvalue weighted by Crippen LogP contribution is 2.02. The molecule has 0 heterocycles. The monoisotopic (exact) mass is 275 g/mol. The number of nitrogens with zero attached hydrogens (tertiary/aromatic N) is 1. The van der Waals surface area contributed by atoms with Gasteiger partial charge in [0.25, 0.3) is 0 Å². The van der Waals surface area contributed by atoms with Gasteiger partial charge >= 0.3 is 0 Å². The van der Waals surface area contributed by atoms with E-state index < -0.39 is 0 Å². The Morgan fingerprint density at radius 2 is 1.89 bits per heavy atom. The lowest BCUT2D eigenvalue weighted by molar-refractivity contribution is -0.121. The van der Waals surface area contributed by atoms with Crippen molar-refractivity contribution in [2.45, 2.75) is 38.9 Å². The van der Waals surface area contributed by atoms with Crippen LogP contribution in [0.3, 0.4) is 0 Å². The van der Waals surface area contributed by atoms with Crippen LogP contribution in [-0.2, 0) is 14.3 Å². The van der Waals surface area contributed by atoms with E-state index in [0.717, 1.165) is 6.54 Å². The lowest BCUT2D eigenvalue weighted by Crippen LogP contribution is -2.54. The van der Waals surface area contributed by atoms with Crippen molar-refractivity contribution < 1.29 is 14.3 Å². The molecular formula is C13H29N3O3. The van der Waals surface area contributed by atoms with E-state index >= 15 is 0 Å². The Balaban J connectivity index is 4.59. The highest BCUT2D eigenvalue weighted by atomic mass is 16.5. The number of amides is 1. The third kappa shape index (κ3) is 8.15. The topological polar surface area (TPSA) is 76.8 Å². The zero-order valence-corrected chi connectivity index (χ0v) is 12.8. The summed E-state index contributed by atoms with van der Waals surface area (Å²) in [4.78, 5) is 13.6. The van der Waals surface area contributed by atoms with Crippen LogP contribution in [0, 0.1) is 0 Å². The second-order valence-electron chi connectivity index (χ2n) is 5.07. The number of ether oxygens (including phenoxy) is 2. The number of rotatable bonds is 11. The Kier molecular flexibility index (Phi) is 9.77. The Hall–Kier alpha value is -0.690. The zero-order chi connectivity index (χ0) is 14.8.